The number of carboxylic acids is 2. The fraction of sp³-hybridized carbons (Fsp3) is 0.756. The standard InChI is InChI=1S/C41H73N9O14/c1-18(2)12-24(42)34(56)43-16-29(53)44-26(15-30(54)55)35(57)45-25(13-19(3)4)36(58)48-32(22(9)10)39(61)50-33(23(11)52)40(62)49-31(21(7)8)38(60)47-28(17-51)37(59)46-27(41(63)64)14-20(5)6/h18-28,31-33,51-52H,12-17,42H2,1-11H3,(H,43,56)(H,44,53)(H,45,57)(H,46,59)(H,47,60)(H,48,58)(H,49,62)(H,50,61)(H,54,55)(H,63,64)/t23-,24+,25+,26+,27+,28+,31+,32+,33+/m1/s1. The molecule has 0 radical (unpaired) electrons. The van der Waals surface area contributed by atoms with Crippen molar-refractivity contribution in [1.29, 1.82) is 0 Å². The number of rotatable bonds is 29. The molecule has 0 spiro atoms. The minimum absolute atomic E-state index is 0.0181. The van der Waals surface area contributed by atoms with Crippen molar-refractivity contribution in [2.75, 3.05) is 13.2 Å². The number of aliphatic hydroxyl groups is 2. The van der Waals surface area contributed by atoms with Crippen LogP contribution in [0.15, 0.2) is 0 Å². The van der Waals surface area contributed by atoms with Gasteiger partial charge in [-0.1, -0.05) is 69.2 Å². The average Bonchev–Trinajstić information content (AvgIpc) is 3.16. The first kappa shape index (κ1) is 58.6. The number of carbonyl (C=O) groups is 10. The molecule has 23 nitrogen and oxygen atoms in total. The molecule has 0 aliphatic rings. The van der Waals surface area contributed by atoms with E-state index in [4.69, 9.17) is 5.73 Å². The zero-order chi connectivity index (χ0) is 49.8. The molecule has 0 aromatic carbocycles. The summed E-state index contributed by atoms with van der Waals surface area (Å²) in [5.74, 6) is -11.8. The average molecular weight is 916 g/mol. The van der Waals surface area contributed by atoms with Crippen molar-refractivity contribution in [1.82, 2.24) is 42.5 Å². The van der Waals surface area contributed by atoms with Crippen molar-refractivity contribution in [2.45, 2.75) is 156 Å². The van der Waals surface area contributed by atoms with Gasteiger partial charge < -0.3 is 68.7 Å². The number of nitrogens with one attached hydrogen (secondary N) is 8. The molecule has 0 rings (SSSR count). The Morgan fingerprint density at radius 2 is 0.859 bits per heavy atom. The number of aliphatic carboxylic acids is 2. The van der Waals surface area contributed by atoms with Gasteiger partial charge in [0, 0.05) is 0 Å². The van der Waals surface area contributed by atoms with Crippen molar-refractivity contribution < 1.29 is 68.4 Å². The number of carboxylic acid groups (broad SMARTS) is 2. The van der Waals surface area contributed by atoms with E-state index < -0.39 is 145 Å². The van der Waals surface area contributed by atoms with Gasteiger partial charge in [-0.15, -0.1) is 0 Å². The summed E-state index contributed by atoms with van der Waals surface area (Å²) in [6, 6.07) is -11.4. The van der Waals surface area contributed by atoms with Gasteiger partial charge in [-0.05, 0) is 55.8 Å². The van der Waals surface area contributed by atoms with E-state index >= 15 is 0 Å². The van der Waals surface area contributed by atoms with Crippen LogP contribution in [-0.2, 0) is 47.9 Å². The molecule has 0 saturated heterocycles. The first-order chi connectivity index (χ1) is 29.5. The molecule has 8 amide bonds. The van der Waals surface area contributed by atoms with E-state index in [1.807, 2.05) is 13.8 Å². The Bertz CT molecular complexity index is 1620. The minimum atomic E-state index is -1.72. The van der Waals surface area contributed by atoms with Crippen molar-refractivity contribution >= 4 is 59.2 Å². The molecule has 0 aromatic heterocycles. The molecule has 0 heterocycles. The van der Waals surface area contributed by atoms with Crippen LogP contribution >= 0.6 is 0 Å². The van der Waals surface area contributed by atoms with Crippen molar-refractivity contribution in [2.24, 2.45) is 35.3 Å². The number of hydrogen-bond acceptors (Lipinski definition) is 13. The summed E-state index contributed by atoms with van der Waals surface area (Å²) in [4.78, 5) is 129. The highest BCUT2D eigenvalue weighted by Gasteiger charge is 2.37. The van der Waals surface area contributed by atoms with Crippen LogP contribution in [0.1, 0.15) is 102 Å². The summed E-state index contributed by atoms with van der Waals surface area (Å²) in [6.45, 7) is 16.5. The van der Waals surface area contributed by atoms with Crippen LogP contribution in [0.2, 0.25) is 0 Å². The lowest BCUT2D eigenvalue weighted by molar-refractivity contribution is -0.143. The number of aliphatic hydroxyl groups excluding tert-OH is 2. The Hall–Kier alpha value is -5.42. The molecule has 0 saturated carbocycles. The van der Waals surface area contributed by atoms with E-state index in [1.54, 1.807) is 41.5 Å². The lowest BCUT2D eigenvalue weighted by Crippen LogP contribution is -2.63. The van der Waals surface area contributed by atoms with Gasteiger partial charge in [-0.2, -0.15) is 0 Å². The van der Waals surface area contributed by atoms with Crippen LogP contribution in [0, 0.1) is 29.6 Å². The molecule has 366 valence electrons. The molecule has 0 aliphatic heterocycles. The van der Waals surface area contributed by atoms with E-state index in [9.17, 15) is 68.4 Å². The SMILES string of the molecule is CC(C)C[C@H](NC(=O)[C@H](CO)NC(=O)[C@@H](NC(=O)[C@@H](NC(=O)[C@@H](NC(=O)[C@H](CC(C)C)NC(=O)[C@H](CC(=O)O)NC(=O)CNC(=O)[C@@H](N)CC(C)C)C(C)C)[C@@H](C)O)C(C)C)C(=O)O. The van der Waals surface area contributed by atoms with Crippen molar-refractivity contribution in [3.63, 3.8) is 0 Å². The highest BCUT2D eigenvalue weighted by atomic mass is 16.4. The van der Waals surface area contributed by atoms with Gasteiger partial charge in [0.25, 0.3) is 0 Å². The third-order valence-electron chi connectivity index (χ3n) is 9.55. The second-order valence-electron chi connectivity index (χ2n) is 17.8. The molecule has 23 heteroatoms. The van der Waals surface area contributed by atoms with Gasteiger partial charge in [0.05, 0.1) is 31.7 Å². The molecule has 9 atom stereocenters. The van der Waals surface area contributed by atoms with Crippen LogP contribution in [0.4, 0.5) is 0 Å². The maximum absolute atomic E-state index is 13.7. The van der Waals surface area contributed by atoms with Gasteiger partial charge >= 0.3 is 11.9 Å². The summed E-state index contributed by atoms with van der Waals surface area (Å²) in [6.07, 6.45) is -2.09. The predicted octanol–water partition coefficient (Wildman–Crippen LogP) is -2.79. The quantitative estimate of drug-likeness (QED) is 0.0361. The number of nitrogens with two attached hydrogens (primary N) is 1. The van der Waals surface area contributed by atoms with Crippen LogP contribution in [0.3, 0.4) is 0 Å². The van der Waals surface area contributed by atoms with Crippen LogP contribution in [-0.4, -0.2) is 147 Å². The van der Waals surface area contributed by atoms with E-state index in [1.165, 1.54) is 20.8 Å². The fourth-order valence-electron chi connectivity index (χ4n) is 6.15. The van der Waals surface area contributed by atoms with Gasteiger partial charge in [0.15, 0.2) is 0 Å². The maximum atomic E-state index is 13.7. The van der Waals surface area contributed by atoms with Gasteiger partial charge in [0.1, 0.15) is 42.3 Å². The van der Waals surface area contributed by atoms with E-state index in [0.717, 1.165) is 0 Å². The molecular formula is C41H73N9O14. The highest BCUT2D eigenvalue weighted by Crippen LogP contribution is 2.12. The minimum Gasteiger partial charge on any atom is -0.481 e. The molecule has 0 aliphatic carbocycles. The Morgan fingerprint density at radius 1 is 0.469 bits per heavy atom. The first-order valence-electron chi connectivity index (χ1n) is 21.4. The number of amides is 8. The number of hydrogen-bond donors (Lipinski definition) is 13. The topological polar surface area (TPSA) is 374 Å². The van der Waals surface area contributed by atoms with Crippen molar-refractivity contribution in [3.05, 3.63) is 0 Å². The zero-order valence-electron chi connectivity index (χ0n) is 38.8. The Morgan fingerprint density at radius 3 is 1.30 bits per heavy atom. The maximum Gasteiger partial charge on any atom is 0.326 e. The lowest BCUT2D eigenvalue weighted by Gasteiger charge is -2.30. The van der Waals surface area contributed by atoms with Crippen LogP contribution in [0.25, 0.3) is 0 Å². The first-order valence-corrected chi connectivity index (χ1v) is 21.4. The second-order valence-corrected chi connectivity index (χ2v) is 17.8. The Kier molecular flexibility index (Phi) is 26.0. The van der Waals surface area contributed by atoms with Crippen LogP contribution < -0.4 is 48.3 Å². The van der Waals surface area contributed by atoms with E-state index in [2.05, 4.69) is 42.5 Å². The summed E-state index contributed by atoms with van der Waals surface area (Å²) in [7, 11) is 0. The fourth-order valence-corrected chi connectivity index (χ4v) is 6.15. The monoisotopic (exact) mass is 916 g/mol. The predicted molar refractivity (Wildman–Crippen MR) is 231 cm³/mol. The van der Waals surface area contributed by atoms with Gasteiger partial charge in [-0.3, -0.25) is 43.2 Å². The van der Waals surface area contributed by atoms with Gasteiger partial charge in [-0.25, -0.2) is 4.79 Å². The molecule has 0 fully saturated rings. The molecule has 64 heavy (non-hydrogen) atoms. The third-order valence-corrected chi connectivity index (χ3v) is 9.55. The number of carbonyl (C=O) groups excluding carboxylic acids is 8. The molecule has 14 N–H and O–H groups in total. The van der Waals surface area contributed by atoms with E-state index in [-0.39, 0.29) is 30.6 Å². The third kappa shape index (κ3) is 21.8. The van der Waals surface area contributed by atoms with Gasteiger partial charge in [0.2, 0.25) is 47.3 Å². The summed E-state index contributed by atoms with van der Waals surface area (Å²) >= 11 is 0. The van der Waals surface area contributed by atoms with Crippen LogP contribution in [0.5, 0.6) is 0 Å². The molecule has 0 unspecified atom stereocenters. The molecular weight excluding hydrogens is 842 g/mol. The summed E-state index contributed by atoms with van der Waals surface area (Å²) < 4.78 is 0. The smallest absolute Gasteiger partial charge is 0.326 e. The zero-order valence-corrected chi connectivity index (χ0v) is 38.8. The molecule has 0 bridgehead atoms. The summed E-state index contributed by atoms with van der Waals surface area (Å²) in [5.41, 5.74) is 5.83. The Balaban J connectivity index is 6.13. The largest absolute Gasteiger partial charge is 0.481 e. The van der Waals surface area contributed by atoms with E-state index in [0.29, 0.717) is 6.42 Å². The molecule has 0 aromatic rings. The normalized spacial score (nSPS) is 15.7. The lowest BCUT2D eigenvalue weighted by atomic mass is 9.98. The highest BCUT2D eigenvalue weighted by molar-refractivity contribution is 5.98. The summed E-state index contributed by atoms with van der Waals surface area (Å²) in [5, 5.41) is 58.4. The Labute approximate surface area is 374 Å². The second kappa shape index (κ2) is 28.4. The van der Waals surface area contributed by atoms with Crippen molar-refractivity contribution in [3.8, 4) is 0 Å².